The van der Waals surface area contributed by atoms with Crippen LogP contribution < -0.4 is 4.74 Å². The zero-order valence-corrected chi connectivity index (χ0v) is 12.4. The van der Waals surface area contributed by atoms with Gasteiger partial charge in [-0.3, -0.25) is 4.79 Å². The van der Waals surface area contributed by atoms with Crippen molar-refractivity contribution in [2.75, 3.05) is 20.2 Å². The zero-order chi connectivity index (χ0) is 14.1. The molecule has 3 rings (SSSR count). The van der Waals surface area contributed by atoms with Crippen LogP contribution in [0.4, 0.5) is 0 Å². The van der Waals surface area contributed by atoms with Crippen molar-refractivity contribution in [3.63, 3.8) is 0 Å². The fourth-order valence-electron chi connectivity index (χ4n) is 2.77. The molecule has 0 N–H and O–H groups in total. The zero-order valence-electron chi connectivity index (χ0n) is 11.6. The first-order valence-corrected chi connectivity index (χ1v) is 7.39. The number of methoxy groups -OCH3 is 1. The smallest absolute Gasteiger partial charge is 0.257 e. The molecule has 2 aliphatic rings. The third kappa shape index (κ3) is 2.68. The van der Waals surface area contributed by atoms with E-state index in [0.717, 1.165) is 25.9 Å². The second-order valence-corrected chi connectivity index (χ2v) is 5.78. The van der Waals surface area contributed by atoms with E-state index < -0.39 is 0 Å². The summed E-state index contributed by atoms with van der Waals surface area (Å²) in [6, 6.07) is 5.18. The maximum atomic E-state index is 12.6. The molecule has 1 aliphatic heterocycles. The number of hydrogen-bond acceptors (Lipinski definition) is 2. The van der Waals surface area contributed by atoms with Crippen molar-refractivity contribution in [2.24, 2.45) is 0 Å². The van der Waals surface area contributed by atoms with E-state index in [2.05, 4.69) is 0 Å². The SMILES string of the molecule is COc1ccc(Cl)cc1C(=O)N1CCC(=C2CC2)CC1. The molecule has 0 bridgehead atoms. The van der Waals surface area contributed by atoms with Gasteiger partial charge in [0.05, 0.1) is 12.7 Å². The highest BCUT2D eigenvalue weighted by atomic mass is 35.5. The number of nitrogens with zero attached hydrogens (tertiary/aromatic N) is 1. The molecule has 1 saturated heterocycles. The predicted octanol–water partition coefficient (Wildman–Crippen LogP) is 3.68. The van der Waals surface area contributed by atoms with Gasteiger partial charge in [0.1, 0.15) is 5.75 Å². The quantitative estimate of drug-likeness (QED) is 0.778. The van der Waals surface area contributed by atoms with Crippen LogP contribution in [0.2, 0.25) is 5.02 Å². The Morgan fingerprint density at radius 3 is 2.40 bits per heavy atom. The van der Waals surface area contributed by atoms with Crippen molar-refractivity contribution < 1.29 is 9.53 Å². The van der Waals surface area contributed by atoms with Crippen molar-refractivity contribution in [3.8, 4) is 5.75 Å². The minimum absolute atomic E-state index is 0.0178. The number of carbonyl (C=O) groups is 1. The van der Waals surface area contributed by atoms with Crippen LogP contribution >= 0.6 is 11.6 Å². The fourth-order valence-corrected chi connectivity index (χ4v) is 2.94. The number of allylic oxidation sites excluding steroid dienone is 1. The summed E-state index contributed by atoms with van der Waals surface area (Å²) in [4.78, 5) is 14.5. The van der Waals surface area contributed by atoms with Crippen LogP contribution in [0.5, 0.6) is 5.75 Å². The standard InChI is InChI=1S/C16H18ClNO2/c1-20-15-5-4-13(17)10-14(15)16(19)18-8-6-12(7-9-18)11-2-3-11/h4-5,10H,2-3,6-9H2,1H3. The summed E-state index contributed by atoms with van der Waals surface area (Å²) in [5.74, 6) is 0.606. The molecule has 2 fully saturated rings. The molecule has 0 radical (unpaired) electrons. The number of carbonyl (C=O) groups excluding carboxylic acids is 1. The Balaban J connectivity index is 1.76. The van der Waals surface area contributed by atoms with Crippen LogP contribution in [0.3, 0.4) is 0 Å². The first-order chi connectivity index (χ1) is 9.69. The number of ether oxygens (including phenoxy) is 1. The van der Waals surface area contributed by atoms with Crippen molar-refractivity contribution >= 4 is 17.5 Å². The third-order valence-electron chi connectivity index (χ3n) is 4.05. The number of halogens is 1. The van der Waals surface area contributed by atoms with E-state index in [4.69, 9.17) is 16.3 Å². The average Bonchev–Trinajstić information content (AvgIpc) is 3.31. The van der Waals surface area contributed by atoms with Gasteiger partial charge in [-0.2, -0.15) is 0 Å². The number of amides is 1. The highest BCUT2D eigenvalue weighted by Gasteiger charge is 2.26. The van der Waals surface area contributed by atoms with Gasteiger partial charge in [0.15, 0.2) is 0 Å². The second kappa shape index (κ2) is 5.49. The van der Waals surface area contributed by atoms with Gasteiger partial charge in [0.25, 0.3) is 5.91 Å². The van der Waals surface area contributed by atoms with Crippen molar-refractivity contribution in [1.29, 1.82) is 0 Å². The topological polar surface area (TPSA) is 29.5 Å². The third-order valence-corrected chi connectivity index (χ3v) is 4.28. The Labute approximate surface area is 124 Å². The van der Waals surface area contributed by atoms with E-state index in [1.807, 2.05) is 4.90 Å². The normalized spacial score (nSPS) is 18.2. The molecule has 20 heavy (non-hydrogen) atoms. The summed E-state index contributed by atoms with van der Waals surface area (Å²) < 4.78 is 5.27. The molecule has 1 saturated carbocycles. The summed E-state index contributed by atoms with van der Waals surface area (Å²) >= 11 is 6.00. The van der Waals surface area contributed by atoms with E-state index >= 15 is 0 Å². The van der Waals surface area contributed by atoms with Gasteiger partial charge in [0.2, 0.25) is 0 Å². The van der Waals surface area contributed by atoms with Gasteiger partial charge in [-0.25, -0.2) is 0 Å². The van der Waals surface area contributed by atoms with Gasteiger partial charge in [0, 0.05) is 18.1 Å². The first kappa shape index (κ1) is 13.5. The molecular weight excluding hydrogens is 274 g/mol. The molecule has 1 aliphatic carbocycles. The molecule has 0 spiro atoms. The van der Waals surface area contributed by atoms with Crippen molar-refractivity contribution in [3.05, 3.63) is 39.9 Å². The monoisotopic (exact) mass is 291 g/mol. The van der Waals surface area contributed by atoms with Crippen LogP contribution in [0, 0.1) is 0 Å². The highest BCUT2D eigenvalue weighted by Crippen LogP contribution is 2.36. The van der Waals surface area contributed by atoms with Crippen LogP contribution in [0.25, 0.3) is 0 Å². The minimum atomic E-state index is 0.0178. The molecule has 106 valence electrons. The highest BCUT2D eigenvalue weighted by molar-refractivity contribution is 6.31. The average molecular weight is 292 g/mol. The molecule has 1 aromatic carbocycles. The number of hydrogen-bond donors (Lipinski definition) is 0. The summed E-state index contributed by atoms with van der Waals surface area (Å²) in [6.45, 7) is 1.60. The van der Waals surface area contributed by atoms with E-state index in [-0.39, 0.29) is 5.91 Å². The van der Waals surface area contributed by atoms with E-state index in [1.54, 1.807) is 36.5 Å². The largest absolute Gasteiger partial charge is 0.496 e. The molecule has 0 atom stereocenters. The van der Waals surface area contributed by atoms with Crippen LogP contribution in [-0.4, -0.2) is 31.0 Å². The molecule has 3 nitrogen and oxygen atoms in total. The number of benzene rings is 1. The van der Waals surface area contributed by atoms with Gasteiger partial charge >= 0.3 is 0 Å². The Morgan fingerprint density at radius 2 is 1.80 bits per heavy atom. The maximum Gasteiger partial charge on any atom is 0.257 e. The van der Waals surface area contributed by atoms with E-state index in [9.17, 15) is 4.79 Å². The number of rotatable bonds is 2. The van der Waals surface area contributed by atoms with Crippen molar-refractivity contribution in [2.45, 2.75) is 25.7 Å². The lowest BCUT2D eigenvalue weighted by Crippen LogP contribution is -2.36. The Kier molecular flexibility index (Phi) is 3.70. The van der Waals surface area contributed by atoms with Gasteiger partial charge < -0.3 is 9.64 Å². The van der Waals surface area contributed by atoms with Gasteiger partial charge in [-0.1, -0.05) is 22.7 Å². The molecule has 0 unspecified atom stereocenters. The molecule has 1 heterocycles. The molecular formula is C16H18ClNO2. The molecule has 4 heteroatoms. The minimum Gasteiger partial charge on any atom is -0.496 e. The Bertz CT molecular complexity index is 564. The maximum absolute atomic E-state index is 12.6. The lowest BCUT2D eigenvalue weighted by molar-refractivity contribution is 0.0740. The molecule has 0 aromatic heterocycles. The van der Waals surface area contributed by atoms with E-state index in [0.29, 0.717) is 16.3 Å². The summed E-state index contributed by atoms with van der Waals surface area (Å²) in [6.07, 6.45) is 4.57. The number of piperidine rings is 1. The Hall–Kier alpha value is -1.48. The lowest BCUT2D eigenvalue weighted by atomic mass is 10.0. The lowest BCUT2D eigenvalue weighted by Gasteiger charge is -2.29. The van der Waals surface area contributed by atoms with Crippen LogP contribution in [0.1, 0.15) is 36.0 Å². The van der Waals surface area contributed by atoms with Crippen LogP contribution in [-0.2, 0) is 0 Å². The summed E-state index contributed by atoms with van der Waals surface area (Å²) in [5.41, 5.74) is 3.76. The van der Waals surface area contributed by atoms with E-state index in [1.165, 1.54) is 12.8 Å². The van der Waals surface area contributed by atoms with Crippen LogP contribution in [0.15, 0.2) is 29.3 Å². The molecule has 1 aromatic rings. The Morgan fingerprint density at radius 1 is 1.15 bits per heavy atom. The summed E-state index contributed by atoms with van der Waals surface area (Å²) in [7, 11) is 1.58. The second-order valence-electron chi connectivity index (χ2n) is 5.34. The van der Waals surface area contributed by atoms with Gasteiger partial charge in [-0.15, -0.1) is 0 Å². The summed E-state index contributed by atoms with van der Waals surface area (Å²) in [5, 5.41) is 0.562. The predicted molar refractivity (Wildman–Crippen MR) is 79.4 cm³/mol. The van der Waals surface area contributed by atoms with Crippen molar-refractivity contribution in [1.82, 2.24) is 4.90 Å². The molecule has 1 amide bonds. The number of likely N-dealkylation sites (tertiary alicyclic amines) is 1. The van der Waals surface area contributed by atoms with Gasteiger partial charge in [-0.05, 0) is 43.9 Å². The first-order valence-electron chi connectivity index (χ1n) is 7.01. The fraction of sp³-hybridized carbons (Fsp3) is 0.438.